The minimum absolute atomic E-state index is 0.00738. The summed E-state index contributed by atoms with van der Waals surface area (Å²) in [4.78, 5) is 11.7. The van der Waals surface area contributed by atoms with Crippen molar-refractivity contribution in [1.82, 2.24) is 15.8 Å². The van der Waals surface area contributed by atoms with Gasteiger partial charge in [0.05, 0.1) is 17.8 Å². The summed E-state index contributed by atoms with van der Waals surface area (Å²) >= 11 is 0. The molecule has 1 saturated heterocycles. The molecule has 1 amide bonds. The van der Waals surface area contributed by atoms with E-state index in [9.17, 15) is 4.79 Å². The Balaban J connectivity index is 1.97. The zero-order chi connectivity index (χ0) is 11.5. The highest BCUT2D eigenvalue weighted by molar-refractivity contribution is 5.91. The summed E-state index contributed by atoms with van der Waals surface area (Å²) in [6.07, 6.45) is 0.00738. The van der Waals surface area contributed by atoms with Gasteiger partial charge < -0.3 is 19.9 Å². The zero-order valence-corrected chi connectivity index (χ0v) is 9.32. The molecule has 1 aliphatic heterocycles. The molecule has 2 rings (SSSR count). The number of hydrogen-bond donors (Lipinski definition) is 2. The van der Waals surface area contributed by atoms with Gasteiger partial charge in [-0.3, -0.25) is 4.79 Å². The van der Waals surface area contributed by atoms with Crippen molar-refractivity contribution in [1.29, 1.82) is 0 Å². The van der Waals surface area contributed by atoms with Crippen LogP contribution in [-0.2, 0) is 4.74 Å². The summed E-state index contributed by atoms with van der Waals surface area (Å²) in [5, 5.41) is 9.67. The van der Waals surface area contributed by atoms with Crippen molar-refractivity contribution in [3.63, 3.8) is 0 Å². The van der Waals surface area contributed by atoms with Gasteiger partial charge in [0.25, 0.3) is 5.91 Å². The summed E-state index contributed by atoms with van der Waals surface area (Å²) < 4.78 is 10.1. The Morgan fingerprint density at radius 3 is 3.12 bits per heavy atom. The van der Waals surface area contributed by atoms with Crippen LogP contribution in [0.15, 0.2) is 10.6 Å². The number of nitrogens with zero attached hydrogens (tertiary/aromatic N) is 1. The first-order chi connectivity index (χ1) is 7.70. The Morgan fingerprint density at radius 2 is 2.50 bits per heavy atom. The fraction of sp³-hybridized carbons (Fsp3) is 0.600. The minimum atomic E-state index is -0.253. The first-order valence-electron chi connectivity index (χ1n) is 5.18. The van der Waals surface area contributed by atoms with Gasteiger partial charge >= 0.3 is 0 Å². The fourth-order valence-electron chi connectivity index (χ4n) is 1.76. The Kier molecular flexibility index (Phi) is 3.21. The van der Waals surface area contributed by atoms with Gasteiger partial charge in [-0.1, -0.05) is 5.16 Å². The van der Waals surface area contributed by atoms with E-state index < -0.39 is 0 Å². The van der Waals surface area contributed by atoms with Crippen LogP contribution in [0, 0.1) is 6.92 Å². The van der Waals surface area contributed by atoms with Crippen LogP contribution >= 0.6 is 0 Å². The number of ether oxygens (including phenoxy) is 1. The quantitative estimate of drug-likeness (QED) is 0.738. The maximum Gasteiger partial charge on any atom is 0.290 e. The third-order valence-electron chi connectivity index (χ3n) is 2.63. The second-order valence-electron chi connectivity index (χ2n) is 3.84. The summed E-state index contributed by atoms with van der Waals surface area (Å²) in [5.74, 6) is -0.0180. The summed E-state index contributed by atoms with van der Waals surface area (Å²) in [7, 11) is 1.63. The van der Waals surface area contributed by atoms with E-state index in [0.717, 1.165) is 6.54 Å². The number of carbonyl (C=O) groups is 1. The molecular weight excluding hydrogens is 210 g/mol. The van der Waals surface area contributed by atoms with E-state index in [1.807, 2.05) is 0 Å². The number of nitrogens with one attached hydrogen (secondary N) is 2. The van der Waals surface area contributed by atoms with E-state index in [-0.39, 0.29) is 23.8 Å². The first-order valence-corrected chi connectivity index (χ1v) is 5.18. The Bertz CT molecular complexity index is 377. The van der Waals surface area contributed by atoms with E-state index in [0.29, 0.717) is 12.2 Å². The maximum atomic E-state index is 11.7. The predicted molar refractivity (Wildman–Crippen MR) is 56.2 cm³/mol. The third-order valence-corrected chi connectivity index (χ3v) is 2.63. The molecule has 6 nitrogen and oxygen atoms in total. The SMILES string of the molecule is CO[C@H]1CNCC1NC(=O)c1cc(C)no1. The van der Waals surface area contributed by atoms with Crippen LogP contribution < -0.4 is 10.6 Å². The van der Waals surface area contributed by atoms with E-state index in [1.54, 1.807) is 20.1 Å². The molecule has 0 aliphatic carbocycles. The molecular formula is C10H15N3O3. The minimum Gasteiger partial charge on any atom is -0.378 e. The summed E-state index contributed by atoms with van der Waals surface area (Å²) in [6.45, 7) is 3.23. The summed E-state index contributed by atoms with van der Waals surface area (Å²) in [5.41, 5.74) is 0.693. The second kappa shape index (κ2) is 4.63. The van der Waals surface area contributed by atoms with Gasteiger partial charge in [-0.25, -0.2) is 0 Å². The molecule has 1 aromatic heterocycles. The van der Waals surface area contributed by atoms with Crippen molar-refractivity contribution in [2.24, 2.45) is 0 Å². The molecule has 88 valence electrons. The zero-order valence-electron chi connectivity index (χ0n) is 9.32. The predicted octanol–water partition coefficient (Wildman–Crippen LogP) is -0.300. The molecule has 1 fully saturated rings. The highest BCUT2D eigenvalue weighted by Gasteiger charge is 2.29. The van der Waals surface area contributed by atoms with Crippen LogP contribution in [0.4, 0.5) is 0 Å². The largest absolute Gasteiger partial charge is 0.378 e. The molecule has 16 heavy (non-hydrogen) atoms. The molecule has 2 N–H and O–H groups in total. The van der Waals surface area contributed by atoms with Crippen molar-refractivity contribution >= 4 is 5.91 Å². The molecule has 0 aromatic carbocycles. The number of aryl methyl sites for hydroxylation is 1. The Labute approximate surface area is 93.3 Å². The van der Waals surface area contributed by atoms with Crippen LogP contribution in [0.1, 0.15) is 16.2 Å². The molecule has 1 aromatic rings. The third kappa shape index (κ3) is 2.23. The highest BCUT2D eigenvalue weighted by atomic mass is 16.5. The molecule has 0 saturated carbocycles. The monoisotopic (exact) mass is 225 g/mol. The normalized spacial score (nSPS) is 24.6. The van der Waals surface area contributed by atoms with E-state index in [1.165, 1.54) is 0 Å². The molecule has 0 bridgehead atoms. The topological polar surface area (TPSA) is 76.4 Å². The van der Waals surface area contributed by atoms with Crippen LogP contribution in [0.2, 0.25) is 0 Å². The van der Waals surface area contributed by atoms with E-state index in [4.69, 9.17) is 9.26 Å². The molecule has 6 heteroatoms. The van der Waals surface area contributed by atoms with Crippen LogP contribution in [0.3, 0.4) is 0 Å². The van der Waals surface area contributed by atoms with Gasteiger partial charge in [0.15, 0.2) is 0 Å². The van der Waals surface area contributed by atoms with Gasteiger partial charge in [-0.15, -0.1) is 0 Å². The van der Waals surface area contributed by atoms with Gasteiger partial charge in [-0.2, -0.15) is 0 Å². The van der Waals surface area contributed by atoms with Crippen molar-refractivity contribution in [3.05, 3.63) is 17.5 Å². The first kappa shape index (κ1) is 11.1. The summed E-state index contributed by atoms with van der Waals surface area (Å²) in [6, 6.07) is 1.59. The number of aromatic nitrogens is 1. The average molecular weight is 225 g/mol. The van der Waals surface area contributed by atoms with Gasteiger partial charge in [0.1, 0.15) is 0 Å². The lowest BCUT2D eigenvalue weighted by Crippen LogP contribution is -2.43. The average Bonchev–Trinajstić information content (AvgIpc) is 2.86. The number of hydrogen-bond acceptors (Lipinski definition) is 5. The molecule has 0 radical (unpaired) electrons. The van der Waals surface area contributed by atoms with Crippen LogP contribution in [0.25, 0.3) is 0 Å². The number of methoxy groups -OCH3 is 1. The van der Waals surface area contributed by atoms with Crippen molar-refractivity contribution < 1.29 is 14.1 Å². The van der Waals surface area contributed by atoms with Crippen molar-refractivity contribution in [2.75, 3.05) is 20.2 Å². The van der Waals surface area contributed by atoms with Crippen LogP contribution in [0.5, 0.6) is 0 Å². The van der Waals surface area contributed by atoms with Gasteiger partial charge in [0.2, 0.25) is 5.76 Å². The molecule has 1 aliphatic rings. The van der Waals surface area contributed by atoms with Crippen LogP contribution in [-0.4, -0.2) is 43.4 Å². The maximum absolute atomic E-state index is 11.7. The second-order valence-corrected chi connectivity index (χ2v) is 3.84. The van der Waals surface area contributed by atoms with E-state index >= 15 is 0 Å². The molecule has 2 heterocycles. The lowest BCUT2D eigenvalue weighted by atomic mass is 10.2. The highest BCUT2D eigenvalue weighted by Crippen LogP contribution is 2.07. The smallest absolute Gasteiger partial charge is 0.290 e. The Morgan fingerprint density at radius 1 is 1.69 bits per heavy atom. The van der Waals surface area contributed by atoms with Gasteiger partial charge in [-0.05, 0) is 6.92 Å². The number of carbonyl (C=O) groups excluding carboxylic acids is 1. The molecule has 2 atom stereocenters. The Hall–Kier alpha value is -1.40. The molecule has 1 unspecified atom stereocenters. The van der Waals surface area contributed by atoms with Crippen molar-refractivity contribution in [3.8, 4) is 0 Å². The van der Waals surface area contributed by atoms with E-state index in [2.05, 4.69) is 15.8 Å². The number of rotatable bonds is 3. The van der Waals surface area contributed by atoms with Gasteiger partial charge in [0, 0.05) is 26.3 Å². The lowest BCUT2D eigenvalue weighted by molar-refractivity contribution is 0.0754. The lowest BCUT2D eigenvalue weighted by Gasteiger charge is -2.17. The molecule has 0 spiro atoms. The van der Waals surface area contributed by atoms with Crippen molar-refractivity contribution in [2.45, 2.75) is 19.1 Å². The fourth-order valence-corrected chi connectivity index (χ4v) is 1.76. The standard InChI is InChI=1S/C10H15N3O3/c1-6-3-8(16-13-6)10(14)12-7-4-11-5-9(7)15-2/h3,7,9,11H,4-5H2,1-2H3,(H,12,14)/t7?,9-/m0/s1. The number of amides is 1.